The fourth-order valence-electron chi connectivity index (χ4n) is 2.44. The van der Waals surface area contributed by atoms with Crippen molar-refractivity contribution in [3.8, 4) is 0 Å². The minimum atomic E-state index is -3.86. The first-order valence-electron chi connectivity index (χ1n) is 8.56. The number of hydroxylamine groups is 1. The molecule has 6 nitrogen and oxygen atoms in total. The number of pyridine rings is 1. The fraction of sp³-hybridized carbons (Fsp3) is 0.316. The van der Waals surface area contributed by atoms with Crippen LogP contribution < -0.4 is 9.63 Å². The van der Waals surface area contributed by atoms with Gasteiger partial charge in [-0.15, -0.1) is 0 Å². The van der Waals surface area contributed by atoms with Crippen LogP contribution in [0.2, 0.25) is 0 Å². The standard InChI is InChI=1S/C19H24N2O4S/c1-2-21(22)19-9-7-17(8-10-19)5-6-18-11-14-20(15-12-18)13-3-4-16-26(23,24)25/h5-12,14-15H,2-4,13,16H2,1H3,(H-,22,23,24,25)/p+1. The lowest BCUT2D eigenvalue weighted by Crippen LogP contribution is -2.32. The minimum absolute atomic E-state index is 0.195. The van der Waals surface area contributed by atoms with E-state index in [1.165, 1.54) is 5.06 Å². The molecular weight excluding hydrogens is 352 g/mol. The highest BCUT2D eigenvalue weighted by atomic mass is 32.2. The van der Waals surface area contributed by atoms with Gasteiger partial charge in [0.1, 0.15) is 6.54 Å². The summed E-state index contributed by atoms with van der Waals surface area (Å²) < 4.78 is 32.0. The molecule has 0 saturated carbocycles. The van der Waals surface area contributed by atoms with Crippen LogP contribution in [0.1, 0.15) is 30.9 Å². The van der Waals surface area contributed by atoms with E-state index in [0.29, 0.717) is 25.9 Å². The van der Waals surface area contributed by atoms with Crippen LogP contribution in [0.3, 0.4) is 0 Å². The van der Waals surface area contributed by atoms with Gasteiger partial charge in [-0.2, -0.15) is 8.42 Å². The van der Waals surface area contributed by atoms with Gasteiger partial charge in [-0.05, 0) is 36.6 Å². The molecule has 0 aliphatic rings. The van der Waals surface area contributed by atoms with E-state index in [9.17, 15) is 13.6 Å². The molecule has 26 heavy (non-hydrogen) atoms. The van der Waals surface area contributed by atoms with Crippen LogP contribution in [0.25, 0.3) is 12.2 Å². The van der Waals surface area contributed by atoms with Gasteiger partial charge in [0.15, 0.2) is 12.4 Å². The Hall–Kier alpha value is -2.22. The molecule has 1 aromatic carbocycles. The lowest BCUT2D eigenvalue weighted by molar-refractivity contribution is -0.697. The van der Waals surface area contributed by atoms with Gasteiger partial charge in [0, 0.05) is 25.1 Å². The van der Waals surface area contributed by atoms with E-state index in [4.69, 9.17) is 4.55 Å². The van der Waals surface area contributed by atoms with Crippen molar-refractivity contribution in [2.24, 2.45) is 0 Å². The van der Waals surface area contributed by atoms with Gasteiger partial charge in [-0.3, -0.25) is 14.8 Å². The Labute approximate surface area is 154 Å². The van der Waals surface area contributed by atoms with Crippen LogP contribution in [-0.2, 0) is 16.7 Å². The molecule has 2 aromatic rings. The molecule has 0 bridgehead atoms. The molecule has 1 aromatic heterocycles. The molecule has 0 aliphatic heterocycles. The Kier molecular flexibility index (Phi) is 7.32. The third-order valence-corrected chi connectivity index (χ3v) is 4.75. The first-order valence-corrected chi connectivity index (χ1v) is 10.2. The number of aromatic nitrogens is 1. The number of aryl methyl sites for hydroxylation is 1. The highest BCUT2D eigenvalue weighted by molar-refractivity contribution is 7.85. The highest BCUT2D eigenvalue weighted by Crippen LogP contribution is 2.15. The predicted molar refractivity (Wildman–Crippen MR) is 102 cm³/mol. The Morgan fingerprint density at radius 1 is 1.00 bits per heavy atom. The first kappa shape index (κ1) is 20.1. The monoisotopic (exact) mass is 377 g/mol. The second-order valence-electron chi connectivity index (χ2n) is 6.00. The number of unbranched alkanes of at least 4 members (excludes halogenated alkanes) is 1. The van der Waals surface area contributed by atoms with Gasteiger partial charge in [0.05, 0.1) is 11.4 Å². The van der Waals surface area contributed by atoms with Crippen molar-refractivity contribution in [3.63, 3.8) is 0 Å². The zero-order valence-electron chi connectivity index (χ0n) is 14.8. The summed E-state index contributed by atoms with van der Waals surface area (Å²) in [6, 6.07) is 11.6. The Bertz CT molecular complexity index is 816. The summed E-state index contributed by atoms with van der Waals surface area (Å²) in [5.41, 5.74) is 2.86. The van der Waals surface area contributed by atoms with Crippen molar-refractivity contribution in [2.45, 2.75) is 26.3 Å². The highest BCUT2D eigenvalue weighted by Gasteiger charge is 2.06. The summed E-state index contributed by atoms with van der Waals surface area (Å²) >= 11 is 0. The van der Waals surface area contributed by atoms with E-state index in [2.05, 4.69) is 0 Å². The Morgan fingerprint density at radius 3 is 2.12 bits per heavy atom. The zero-order chi connectivity index (χ0) is 19.0. The summed E-state index contributed by atoms with van der Waals surface area (Å²) in [6.45, 7) is 3.12. The Morgan fingerprint density at radius 2 is 1.58 bits per heavy atom. The van der Waals surface area contributed by atoms with Crippen molar-refractivity contribution in [1.82, 2.24) is 0 Å². The zero-order valence-corrected chi connectivity index (χ0v) is 15.6. The second kappa shape index (κ2) is 9.47. The minimum Gasteiger partial charge on any atom is -0.288 e. The van der Waals surface area contributed by atoms with Crippen LogP contribution in [0, 0.1) is 0 Å². The summed E-state index contributed by atoms with van der Waals surface area (Å²) in [5, 5.41) is 10.8. The molecule has 0 fully saturated rings. The lowest BCUT2D eigenvalue weighted by atomic mass is 10.1. The number of nitrogens with zero attached hydrogens (tertiary/aromatic N) is 2. The van der Waals surface area contributed by atoms with E-state index in [-0.39, 0.29) is 5.75 Å². The van der Waals surface area contributed by atoms with Crippen molar-refractivity contribution >= 4 is 28.0 Å². The summed E-state index contributed by atoms with van der Waals surface area (Å²) in [6.07, 6.45) is 9.03. The van der Waals surface area contributed by atoms with Gasteiger partial charge in [-0.1, -0.05) is 24.3 Å². The number of anilines is 1. The average molecular weight is 377 g/mol. The van der Waals surface area contributed by atoms with Crippen molar-refractivity contribution in [1.29, 1.82) is 0 Å². The van der Waals surface area contributed by atoms with E-state index in [0.717, 1.165) is 16.8 Å². The normalized spacial score (nSPS) is 11.8. The average Bonchev–Trinajstić information content (AvgIpc) is 2.63. The molecule has 0 amide bonds. The third kappa shape index (κ3) is 6.95. The van der Waals surface area contributed by atoms with Crippen LogP contribution in [-0.4, -0.2) is 30.5 Å². The number of benzene rings is 1. The van der Waals surface area contributed by atoms with Gasteiger partial charge < -0.3 is 0 Å². The van der Waals surface area contributed by atoms with Crippen molar-refractivity contribution < 1.29 is 22.7 Å². The SMILES string of the molecule is CCN(O)c1ccc(/C=C/c2cc[n+](CCCCS(=O)(=O)O)cc2)cc1. The molecule has 2 rings (SSSR count). The van der Waals surface area contributed by atoms with E-state index in [1.54, 1.807) is 0 Å². The molecule has 2 N–H and O–H groups in total. The quantitative estimate of drug-likeness (QED) is 0.304. The second-order valence-corrected chi connectivity index (χ2v) is 7.58. The molecule has 7 heteroatoms. The maximum Gasteiger partial charge on any atom is 0.264 e. The number of rotatable bonds is 9. The van der Waals surface area contributed by atoms with E-state index in [1.807, 2.05) is 72.4 Å². The molecule has 0 unspecified atom stereocenters. The smallest absolute Gasteiger partial charge is 0.264 e. The molecule has 0 spiro atoms. The molecule has 0 aliphatic carbocycles. The van der Waals surface area contributed by atoms with Crippen LogP contribution in [0.5, 0.6) is 0 Å². The Balaban J connectivity index is 1.87. The summed E-state index contributed by atoms with van der Waals surface area (Å²) in [5.74, 6) is -0.195. The predicted octanol–water partition coefficient (Wildman–Crippen LogP) is 3.03. The molecular formula is C19H25N2O4S+. The third-order valence-electron chi connectivity index (χ3n) is 3.94. The fourth-order valence-corrected chi connectivity index (χ4v) is 3.01. The largest absolute Gasteiger partial charge is 0.288 e. The molecule has 140 valence electrons. The van der Waals surface area contributed by atoms with Gasteiger partial charge >= 0.3 is 0 Å². The van der Waals surface area contributed by atoms with Crippen LogP contribution in [0.4, 0.5) is 5.69 Å². The first-order chi connectivity index (χ1) is 12.4. The summed E-state index contributed by atoms with van der Waals surface area (Å²) in [4.78, 5) is 0. The van der Waals surface area contributed by atoms with Gasteiger partial charge in [-0.25, -0.2) is 4.57 Å². The van der Waals surface area contributed by atoms with Crippen molar-refractivity contribution in [2.75, 3.05) is 17.4 Å². The molecule has 0 radical (unpaired) electrons. The molecule has 0 atom stereocenters. The van der Waals surface area contributed by atoms with Gasteiger partial charge in [0.25, 0.3) is 10.1 Å². The van der Waals surface area contributed by atoms with Crippen LogP contribution >= 0.6 is 0 Å². The maximum atomic E-state index is 10.7. The number of hydrogen-bond donors (Lipinski definition) is 2. The van der Waals surface area contributed by atoms with E-state index >= 15 is 0 Å². The summed E-state index contributed by atoms with van der Waals surface area (Å²) in [7, 11) is -3.86. The molecule has 1 heterocycles. The van der Waals surface area contributed by atoms with E-state index < -0.39 is 10.1 Å². The maximum absolute atomic E-state index is 10.7. The molecule has 0 saturated heterocycles. The number of hydrogen-bond acceptors (Lipinski definition) is 4. The van der Waals surface area contributed by atoms with Crippen molar-refractivity contribution in [3.05, 3.63) is 59.9 Å². The lowest BCUT2D eigenvalue weighted by Gasteiger charge is -2.13. The van der Waals surface area contributed by atoms with Crippen LogP contribution in [0.15, 0.2) is 48.8 Å². The van der Waals surface area contributed by atoms with Gasteiger partial charge in [0.2, 0.25) is 0 Å². The topological polar surface area (TPSA) is 81.7 Å².